The molecular weight excluding hydrogens is 412 g/mol. The van der Waals surface area contributed by atoms with E-state index in [1.165, 1.54) is 6.26 Å². The third kappa shape index (κ3) is 4.91. The van der Waals surface area contributed by atoms with E-state index in [1.54, 1.807) is 32.3 Å². The zero-order valence-corrected chi connectivity index (χ0v) is 19.1. The number of hydrogen-bond acceptors (Lipinski definition) is 6. The Kier molecular flexibility index (Phi) is 6.67. The molecule has 0 fully saturated rings. The molecule has 2 rings (SSSR count). The molecule has 0 unspecified atom stereocenters. The fourth-order valence-electron chi connectivity index (χ4n) is 3.11. The van der Waals surface area contributed by atoms with Crippen molar-refractivity contribution >= 4 is 32.1 Å². The number of halogens is 1. The van der Waals surface area contributed by atoms with Gasteiger partial charge in [0.25, 0.3) is 0 Å². The first-order valence-electron chi connectivity index (χ1n) is 9.25. The normalized spacial score (nSPS) is 17.1. The monoisotopic (exact) mass is 438 g/mol. The largest absolute Gasteiger partial charge is 0.474 e. The summed E-state index contributed by atoms with van der Waals surface area (Å²) in [5, 5.41) is 5.68. The molecule has 0 aliphatic carbocycles. The van der Waals surface area contributed by atoms with Gasteiger partial charge in [-0.2, -0.15) is 0 Å². The van der Waals surface area contributed by atoms with Crippen molar-refractivity contribution < 1.29 is 8.95 Å². The van der Waals surface area contributed by atoms with Crippen molar-refractivity contribution in [3.63, 3.8) is 0 Å². The van der Waals surface area contributed by atoms with E-state index >= 15 is 0 Å². The van der Waals surface area contributed by atoms with Crippen LogP contribution in [0.4, 0.5) is 0 Å². The van der Waals surface area contributed by atoms with Crippen LogP contribution < -0.4 is 4.74 Å². The average molecular weight is 439 g/mol. The summed E-state index contributed by atoms with van der Waals surface area (Å²) in [7, 11) is -2.75. The molecule has 0 saturated heterocycles. The van der Waals surface area contributed by atoms with Gasteiger partial charge in [0.15, 0.2) is 0 Å². The molecule has 3 atom stereocenters. The highest BCUT2D eigenvalue weighted by Gasteiger charge is 2.31. The van der Waals surface area contributed by atoms with Crippen molar-refractivity contribution in [3.8, 4) is 5.88 Å². The van der Waals surface area contributed by atoms with Crippen molar-refractivity contribution in [2.45, 2.75) is 63.9 Å². The van der Waals surface area contributed by atoms with E-state index in [4.69, 9.17) is 26.6 Å². The van der Waals surface area contributed by atoms with Gasteiger partial charge in [0.05, 0.1) is 21.8 Å². The van der Waals surface area contributed by atoms with E-state index in [0.717, 1.165) is 10.9 Å². The van der Waals surface area contributed by atoms with Crippen molar-refractivity contribution in [2.24, 2.45) is 5.11 Å². The summed E-state index contributed by atoms with van der Waals surface area (Å²) in [6, 6.07) is 1.71. The molecule has 2 aromatic rings. The van der Waals surface area contributed by atoms with Crippen LogP contribution in [0, 0.1) is 4.78 Å². The van der Waals surface area contributed by atoms with Crippen LogP contribution >= 0.6 is 11.6 Å². The number of aromatic nitrogens is 2. The van der Waals surface area contributed by atoms with Crippen LogP contribution in [0.3, 0.4) is 0 Å². The molecule has 0 spiro atoms. The minimum Gasteiger partial charge on any atom is -0.474 e. The maximum Gasteiger partial charge on any atom is 0.223 e. The molecule has 2 heterocycles. The maximum atomic E-state index is 12.2. The second-order valence-electron chi connectivity index (χ2n) is 8.08. The van der Waals surface area contributed by atoms with Gasteiger partial charge in [0, 0.05) is 39.7 Å². The summed E-state index contributed by atoms with van der Waals surface area (Å²) < 4.78 is 25.5. The molecule has 0 bridgehead atoms. The molecular formula is C19H27ClN6O2S. The molecule has 0 amide bonds. The lowest BCUT2D eigenvalue weighted by Gasteiger charge is -2.29. The Morgan fingerprint density at radius 1 is 1.34 bits per heavy atom. The second kappa shape index (κ2) is 8.34. The average Bonchev–Trinajstić information content (AvgIpc) is 2.60. The molecule has 1 N–H and O–H groups in total. The van der Waals surface area contributed by atoms with Gasteiger partial charge in [-0.1, -0.05) is 23.6 Å². The van der Waals surface area contributed by atoms with Crippen LogP contribution in [-0.2, 0) is 15.3 Å². The second-order valence-corrected chi connectivity index (χ2v) is 11.3. The molecule has 8 nitrogen and oxygen atoms in total. The number of fused-ring (bicyclic) bond motifs is 1. The molecule has 0 aliphatic rings. The highest BCUT2D eigenvalue weighted by molar-refractivity contribution is 7.93. The standard InChI is InChI=1S/C19H27ClN6O2S/c1-7-19(5,25-26-21)15-11-24-17(14-10-23-16(20)8-13(14)15)28-12(2)9-18(3,4)29(6,22)27/h8,10-12,22H,7,9H2,1-6H3/t12-,19+,29-/m0/s1. The van der Waals surface area contributed by atoms with Crippen LogP contribution in [0.1, 0.15) is 53.0 Å². The number of ether oxygens (including phenoxy) is 1. The lowest BCUT2D eigenvalue weighted by Crippen LogP contribution is -2.35. The Morgan fingerprint density at radius 3 is 2.55 bits per heavy atom. The van der Waals surface area contributed by atoms with Crippen LogP contribution in [0.2, 0.25) is 5.15 Å². The smallest absolute Gasteiger partial charge is 0.223 e. The van der Waals surface area contributed by atoms with Crippen LogP contribution in [-0.4, -0.2) is 31.3 Å². The number of nitrogens with zero attached hydrogens (tertiary/aromatic N) is 5. The third-order valence-electron chi connectivity index (χ3n) is 5.38. The predicted octanol–water partition coefficient (Wildman–Crippen LogP) is 5.83. The summed E-state index contributed by atoms with van der Waals surface area (Å²) in [6.45, 7) is 9.22. The summed E-state index contributed by atoms with van der Waals surface area (Å²) in [5.41, 5.74) is 8.94. The van der Waals surface area contributed by atoms with Gasteiger partial charge in [-0.3, -0.25) is 4.78 Å². The van der Waals surface area contributed by atoms with Gasteiger partial charge in [0.2, 0.25) is 5.88 Å². The Bertz CT molecular complexity index is 1070. The van der Waals surface area contributed by atoms with Crippen LogP contribution in [0.5, 0.6) is 5.88 Å². The zero-order chi connectivity index (χ0) is 22.0. The lowest BCUT2D eigenvalue weighted by molar-refractivity contribution is 0.193. The van der Waals surface area contributed by atoms with E-state index in [0.29, 0.717) is 29.3 Å². The summed E-state index contributed by atoms with van der Waals surface area (Å²) in [5.74, 6) is 0.364. The van der Waals surface area contributed by atoms with E-state index < -0.39 is 20.0 Å². The van der Waals surface area contributed by atoms with Gasteiger partial charge in [-0.05, 0) is 56.7 Å². The first kappa shape index (κ1) is 23.2. The number of pyridine rings is 2. The minimum atomic E-state index is -2.75. The van der Waals surface area contributed by atoms with Crippen LogP contribution in [0.25, 0.3) is 21.2 Å². The van der Waals surface area contributed by atoms with Crippen molar-refractivity contribution in [1.82, 2.24) is 9.97 Å². The fraction of sp³-hybridized carbons (Fsp3) is 0.579. The quantitative estimate of drug-likeness (QED) is 0.240. The Hall–Kier alpha value is -2.09. The van der Waals surface area contributed by atoms with Crippen LogP contribution in [0.15, 0.2) is 23.6 Å². The minimum absolute atomic E-state index is 0.310. The van der Waals surface area contributed by atoms with Gasteiger partial charge in [0.1, 0.15) is 5.15 Å². The molecule has 0 aliphatic heterocycles. The number of nitrogens with one attached hydrogen (secondary N) is 1. The van der Waals surface area contributed by atoms with Crippen molar-refractivity contribution in [1.29, 1.82) is 4.78 Å². The number of azide groups is 1. The Morgan fingerprint density at radius 2 is 2.00 bits per heavy atom. The van der Waals surface area contributed by atoms with Crippen molar-refractivity contribution in [2.75, 3.05) is 6.26 Å². The lowest BCUT2D eigenvalue weighted by atomic mass is 9.88. The molecule has 29 heavy (non-hydrogen) atoms. The number of rotatable bonds is 8. The van der Waals surface area contributed by atoms with E-state index in [2.05, 4.69) is 20.0 Å². The molecule has 0 radical (unpaired) electrons. The topological polar surface area (TPSA) is 125 Å². The summed E-state index contributed by atoms with van der Waals surface area (Å²) in [6.07, 6.45) is 5.33. The molecule has 0 saturated carbocycles. The highest BCUT2D eigenvalue weighted by atomic mass is 35.5. The predicted molar refractivity (Wildman–Crippen MR) is 117 cm³/mol. The van der Waals surface area contributed by atoms with Gasteiger partial charge < -0.3 is 4.74 Å². The van der Waals surface area contributed by atoms with Crippen molar-refractivity contribution in [3.05, 3.63) is 39.6 Å². The zero-order valence-electron chi connectivity index (χ0n) is 17.6. The van der Waals surface area contributed by atoms with E-state index in [9.17, 15) is 4.21 Å². The summed E-state index contributed by atoms with van der Waals surface area (Å²) in [4.78, 5) is 11.6. The van der Waals surface area contributed by atoms with Gasteiger partial charge in [-0.25, -0.2) is 14.2 Å². The molecule has 0 aromatic carbocycles. The van der Waals surface area contributed by atoms with E-state index in [-0.39, 0.29) is 6.10 Å². The summed E-state index contributed by atoms with van der Waals surface area (Å²) >= 11 is 6.13. The third-order valence-corrected chi connectivity index (χ3v) is 7.86. The van der Waals surface area contributed by atoms with Gasteiger partial charge >= 0.3 is 0 Å². The molecule has 2 aromatic heterocycles. The SMILES string of the molecule is CC[C@@](C)(N=[N+]=[N-])c1cnc(O[C@@H](C)CC(C)(C)[S@@](C)(=N)=O)c2cnc(Cl)cc12. The molecule has 158 valence electrons. The fourth-order valence-corrected chi connectivity index (χ4v) is 3.82. The van der Waals surface area contributed by atoms with Gasteiger partial charge in [-0.15, -0.1) is 0 Å². The molecule has 10 heteroatoms. The maximum absolute atomic E-state index is 12.2. The highest BCUT2D eigenvalue weighted by Crippen LogP contribution is 2.38. The van der Waals surface area contributed by atoms with E-state index in [1.807, 2.05) is 20.8 Å². The first-order valence-corrected chi connectivity index (χ1v) is 11.6. The first-order chi connectivity index (χ1) is 13.3. The number of hydrogen-bond donors (Lipinski definition) is 1. The Labute approximate surface area is 176 Å². The Balaban J connectivity index is 2.53.